The number of carbonyl (C=O) groups excluding carboxylic acids is 2. The first-order valence-corrected chi connectivity index (χ1v) is 9.77. The van der Waals surface area contributed by atoms with E-state index in [1.807, 2.05) is 29.2 Å². The zero-order chi connectivity index (χ0) is 16.9. The molecule has 0 aliphatic carbocycles. The van der Waals surface area contributed by atoms with E-state index in [9.17, 15) is 9.59 Å². The summed E-state index contributed by atoms with van der Waals surface area (Å²) >= 11 is 7.88. The average molecular weight is 368 g/mol. The zero-order valence-electron chi connectivity index (χ0n) is 13.5. The van der Waals surface area contributed by atoms with E-state index >= 15 is 0 Å². The van der Waals surface area contributed by atoms with E-state index in [-0.39, 0.29) is 23.8 Å². The Labute approximate surface area is 151 Å². The maximum Gasteiger partial charge on any atom is 0.240 e. The van der Waals surface area contributed by atoms with Gasteiger partial charge in [-0.15, -0.1) is 11.8 Å². The lowest BCUT2D eigenvalue weighted by molar-refractivity contribution is -0.131. The lowest BCUT2D eigenvalue weighted by atomic mass is 10.0. The second-order valence-electron chi connectivity index (χ2n) is 6.27. The standard InChI is InChI=1S/C17H22ClN3O2S/c18-14-4-2-1-3-13(14)10-20-16(22)8-12-7-15(19-9-12)17(23)21-5-6-24-11-21/h1-4,12,15,19H,5-11H2,(H,20,22). The predicted molar refractivity (Wildman–Crippen MR) is 96.9 cm³/mol. The summed E-state index contributed by atoms with van der Waals surface area (Å²) in [4.78, 5) is 26.4. The smallest absolute Gasteiger partial charge is 0.240 e. The largest absolute Gasteiger partial charge is 0.352 e. The van der Waals surface area contributed by atoms with Gasteiger partial charge < -0.3 is 15.5 Å². The summed E-state index contributed by atoms with van der Waals surface area (Å²) in [6.07, 6.45) is 1.18. The Morgan fingerprint density at radius 3 is 2.96 bits per heavy atom. The van der Waals surface area contributed by atoms with E-state index in [2.05, 4.69) is 10.6 Å². The van der Waals surface area contributed by atoms with Crippen molar-refractivity contribution in [2.75, 3.05) is 24.7 Å². The van der Waals surface area contributed by atoms with Crippen LogP contribution in [-0.4, -0.2) is 47.5 Å². The van der Waals surface area contributed by atoms with Crippen molar-refractivity contribution < 1.29 is 9.59 Å². The number of hydrogen-bond donors (Lipinski definition) is 2. The van der Waals surface area contributed by atoms with Gasteiger partial charge in [-0.3, -0.25) is 9.59 Å². The molecule has 24 heavy (non-hydrogen) atoms. The molecule has 2 aliphatic heterocycles. The minimum atomic E-state index is -0.134. The topological polar surface area (TPSA) is 61.4 Å². The highest BCUT2D eigenvalue weighted by atomic mass is 35.5. The zero-order valence-corrected chi connectivity index (χ0v) is 15.0. The quantitative estimate of drug-likeness (QED) is 0.833. The second-order valence-corrected chi connectivity index (χ2v) is 7.76. The normalized spacial score (nSPS) is 23.5. The summed E-state index contributed by atoms with van der Waals surface area (Å²) in [5.74, 6) is 2.21. The Balaban J connectivity index is 1.42. The molecule has 0 bridgehead atoms. The minimum absolute atomic E-state index is 0.00606. The molecular formula is C17H22ClN3O2S. The summed E-state index contributed by atoms with van der Waals surface area (Å²) in [7, 11) is 0. The minimum Gasteiger partial charge on any atom is -0.352 e. The van der Waals surface area contributed by atoms with Gasteiger partial charge in [0, 0.05) is 30.3 Å². The summed E-state index contributed by atoms with van der Waals surface area (Å²) in [6.45, 7) is 1.99. The van der Waals surface area contributed by atoms with Crippen LogP contribution in [-0.2, 0) is 16.1 Å². The predicted octanol–water partition coefficient (Wildman–Crippen LogP) is 1.86. The van der Waals surface area contributed by atoms with E-state index < -0.39 is 0 Å². The maximum absolute atomic E-state index is 12.4. The van der Waals surface area contributed by atoms with Crippen LogP contribution in [0.1, 0.15) is 18.4 Å². The monoisotopic (exact) mass is 367 g/mol. The van der Waals surface area contributed by atoms with Gasteiger partial charge in [0.1, 0.15) is 0 Å². The summed E-state index contributed by atoms with van der Waals surface area (Å²) < 4.78 is 0. The van der Waals surface area contributed by atoms with Gasteiger partial charge in [0.2, 0.25) is 11.8 Å². The lowest BCUT2D eigenvalue weighted by Gasteiger charge is -2.19. The third kappa shape index (κ3) is 4.43. The first kappa shape index (κ1) is 17.6. The van der Waals surface area contributed by atoms with Crippen LogP contribution in [0.15, 0.2) is 24.3 Å². The molecule has 2 saturated heterocycles. The Morgan fingerprint density at radius 2 is 2.21 bits per heavy atom. The molecule has 130 valence electrons. The highest BCUT2D eigenvalue weighted by molar-refractivity contribution is 7.99. The fourth-order valence-electron chi connectivity index (χ4n) is 3.13. The Kier molecular flexibility index (Phi) is 6.03. The number of hydrogen-bond acceptors (Lipinski definition) is 4. The van der Waals surface area contributed by atoms with Crippen LogP contribution in [0.2, 0.25) is 5.02 Å². The fourth-order valence-corrected chi connectivity index (χ4v) is 4.29. The van der Waals surface area contributed by atoms with E-state index in [0.717, 1.165) is 36.7 Å². The fraction of sp³-hybridized carbons (Fsp3) is 0.529. The molecule has 3 rings (SSSR count). The van der Waals surface area contributed by atoms with E-state index in [4.69, 9.17) is 11.6 Å². The van der Waals surface area contributed by atoms with Crippen LogP contribution in [0, 0.1) is 5.92 Å². The van der Waals surface area contributed by atoms with Crippen LogP contribution >= 0.6 is 23.4 Å². The average Bonchev–Trinajstić information content (AvgIpc) is 3.25. The molecule has 1 aromatic carbocycles. The molecular weight excluding hydrogens is 346 g/mol. The summed E-state index contributed by atoms with van der Waals surface area (Å²) in [5, 5.41) is 6.85. The Bertz CT molecular complexity index is 607. The van der Waals surface area contributed by atoms with E-state index in [0.29, 0.717) is 18.0 Å². The summed E-state index contributed by atoms with van der Waals surface area (Å²) in [6, 6.07) is 7.36. The number of carbonyl (C=O) groups is 2. The van der Waals surface area contributed by atoms with Crippen LogP contribution < -0.4 is 10.6 Å². The molecule has 2 unspecified atom stereocenters. The molecule has 0 radical (unpaired) electrons. The van der Waals surface area contributed by atoms with E-state index in [1.165, 1.54) is 0 Å². The highest BCUT2D eigenvalue weighted by Crippen LogP contribution is 2.22. The SMILES string of the molecule is O=C(CC1CNC(C(=O)N2CCSC2)C1)NCc1ccccc1Cl. The molecule has 2 aliphatic rings. The van der Waals surface area contributed by atoms with Crippen LogP contribution in [0.4, 0.5) is 0 Å². The number of nitrogens with zero attached hydrogens (tertiary/aromatic N) is 1. The molecule has 2 fully saturated rings. The van der Waals surface area contributed by atoms with Gasteiger partial charge >= 0.3 is 0 Å². The van der Waals surface area contributed by atoms with Gasteiger partial charge in [-0.25, -0.2) is 0 Å². The van der Waals surface area contributed by atoms with Crippen molar-refractivity contribution in [2.45, 2.75) is 25.4 Å². The molecule has 7 heteroatoms. The molecule has 2 amide bonds. The first-order valence-electron chi connectivity index (χ1n) is 8.23. The van der Waals surface area contributed by atoms with Crippen molar-refractivity contribution in [1.82, 2.24) is 15.5 Å². The van der Waals surface area contributed by atoms with Gasteiger partial charge in [-0.05, 0) is 30.5 Å². The molecule has 0 spiro atoms. The molecule has 1 aromatic rings. The van der Waals surface area contributed by atoms with Crippen molar-refractivity contribution in [2.24, 2.45) is 5.92 Å². The lowest BCUT2D eigenvalue weighted by Crippen LogP contribution is -2.42. The molecule has 2 atom stereocenters. The number of amides is 2. The van der Waals surface area contributed by atoms with Crippen molar-refractivity contribution >= 4 is 35.2 Å². The van der Waals surface area contributed by atoms with Gasteiger partial charge in [0.15, 0.2) is 0 Å². The number of thioether (sulfide) groups is 1. The van der Waals surface area contributed by atoms with Gasteiger partial charge in [0.25, 0.3) is 0 Å². The number of nitrogens with one attached hydrogen (secondary N) is 2. The number of benzene rings is 1. The van der Waals surface area contributed by atoms with Crippen molar-refractivity contribution in [1.29, 1.82) is 0 Å². The van der Waals surface area contributed by atoms with Gasteiger partial charge in [-0.2, -0.15) is 0 Å². The second kappa shape index (κ2) is 8.23. The Morgan fingerprint density at radius 1 is 1.38 bits per heavy atom. The van der Waals surface area contributed by atoms with Gasteiger partial charge in [-0.1, -0.05) is 29.8 Å². The Hall–Kier alpha value is -1.24. The maximum atomic E-state index is 12.4. The molecule has 0 saturated carbocycles. The molecule has 0 aromatic heterocycles. The first-order chi connectivity index (χ1) is 11.6. The molecule has 2 heterocycles. The third-order valence-electron chi connectivity index (χ3n) is 4.49. The molecule has 2 N–H and O–H groups in total. The van der Waals surface area contributed by atoms with Crippen molar-refractivity contribution in [3.05, 3.63) is 34.9 Å². The van der Waals surface area contributed by atoms with Crippen LogP contribution in [0.3, 0.4) is 0 Å². The number of rotatable bonds is 5. The van der Waals surface area contributed by atoms with Crippen molar-refractivity contribution in [3.63, 3.8) is 0 Å². The number of halogens is 1. The summed E-state index contributed by atoms with van der Waals surface area (Å²) in [5.41, 5.74) is 0.914. The van der Waals surface area contributed by atoms with Crippen molar-refractivity contribution in [3.8, 4) is 0 Å². The third-order valence-corrected chi connectivity index (χ3v) is 5.83. The van der Waals surface area contributed by atoms with Crippen LogP contribution in [0.5, 0.6) is 0 Å². The molecule has 5 nitrogen and oxygen atoms in total. The highest BCUT2D eigenvalue weighted by Gasteiger charge is 2.34. The van der Waals surface area contributed by atoms with E-state index in [1.54, 1.807) is 11.8 Å². The van der Waals surface area contributed by atoms with Crippen LogP contribution in [0.25, 0.3) is 0 Å². The van der Waals surface area contributed by atoms with Gasteiger partial charge in [0.05, 0.1) is 11.9 Å².